The Morgan fingerprint density at radius 1 is 1.18 bits per heavy atom. The van der Waals surface area contributed by atoms with Gasteiger partial charge in [0.15, 0.2) is 5.82 Å². The van der Waals surface area contributed by atoms with E-state index in [4.69, 9.17) is 0 Å². The van der Waals surface area contributed by atoms with Gasteiger partial charge in [0.2, 0.25) is 5.91 Å². The van der Waals surface area contributed by atoms with Crippen LogP contribution < -0.4 is 10.9 Å². The van der Waals surface area contributed by atoms with Gasteiger partial charge in [0, 0.05) is 42.7 Å². The van der Waals surface area contributed by atoms with Crippen molar-refractivity contribution in [1.82, 2.24) is 19.7 Å². The van der Waals surface area contributed by atoms with E-state index in [1.165, 1.54) is 27.7 Å². The fourth-order valence-corrected chi connectivity index (χ4v) is 4.14. The van der Waals surface area contributed by atoms with Gasteiger partial charge >= 0.3 is 0 Å². The van der Waals surface area contributed by atoms with Gasteiger partial charge in [0.25, 0.3) is 12.0 Å². The lowest BCUT2D eigenvalue weighted by atomic mass is 10.0. The normalized spacial score (nSPS) is 15.5. The maximum Gasteiger partial charge on any atom is 0.266 e. The maximum atomic E-state index is 14.7. The second-order valence-electron chi connectivity index (χ2n) is 8.59. The Hall–Kier alpha value is -3.43. The van der Waals surface area contributed by atoms with E-state index in [0.717, 1.165) is 6.07 Å². The summed E-state index contributed by atoms with van der Waals surface area (Å²) in [6.07, 6.45) is -0.278. The van der Waals surface area contributed by atoms with Gasteiger partial charge in [0.1, 0.15) is 11.4 Å². The third-order valence-corrected chi connectivity index (χ3v) is 6.10. The van der Waals surface area contributed by atoms with Gasteiger partial charge in [0.05, 0.1) is 17.3 Å². The first-order valence-corrected chi connectivity index (χ1v) is 10.5. The molecule has 7 nitrogen and oxygen atoms in total. The topological polar surface area (TPSA) is 80.1 Å². The van der Waals surface area contributed by atoms with Crippen molar-refractivity contribution in [3.63, 3.8) is 0 Å². The van der Waals surface area contributed by atoms with Gasteiger partial charge in [-0.1, -0.05) is 18.2 Å². The monoisotopic (exact) mass is 459 g/mol. The minimum atomic E-state index is -2.93. The number of nitrogens with zero attached hydrogens (tertiary/aromatic N) is 4. The third-order valence-electron chi connectivity index (χ3n) is 6.10. The molecule has 1 aromatic carbocycles. The van der Waals surface area contributed by atoms with Crippen molar-refractivity contribution in [2.24, 2.45) is 0 Å². The largest absolute Gasteiger partial charge is 0.361 e. The van der Waals surface area contributed by atoms with Gasteiger partial charge in [-0.05, 0) is 26.7 Å². The molecular formula is C23H24F3N5O2. The zero-order valence-electron chi connectivity index (χ0n) is 18.7. The first kappa shape index (κ1) is 22.8. The highest BCUT2D eigenvalue weighted by molar-refractivity contribution is 5.93. The molecule has 2 heterocycles. The van der Waals surface area contributed by atoms with E-state index in [1.807, 2.05) is 0 Å². The van der Waals surface area contributed by atoms with Crippen molar-refractivity contribution in [2.45, 2.75) is 44.7 Å². The van der Waals surface area contributed by atoms with Crippen molar-refractivity contribution in [3.05, 3.63) is 63.5 Å². The molecule has 0 unspecified atom stereocenters. The van der Waals surface area contributed by atoms with Gasteiger partial charge in [-0.3, -0.25) is 14.2 Å². The molecule has 10 heteroatoms. The molecule has 1 N–H and O–H groups in total. The van der Waals surface area contributed by atoms with Crippen molar-refractivity contribution < 1.29 is 18.0 Å². The smallest absolute Gasteiger partial charge is 0.266 e. The second kappa shape index (κ2) is 8.17. The zero-order chi connectivity index (χ0) is 24.1. The molecule has 0 bridgehead atoms. The number of benzene rings is 1. The molecule has 1 fully saturated rings. The predicted octanol–water partition coefficient (Wildman–Crippen LogP) is 3.93. The maximum absolute atomic E-state index is 14.7. The number of aryl methyl sites for hydroxylation is 1. The highest BCUT2D eigenvalue weighted by atomic mass is 19.3. The molecule has 1 atom stereocenters. The number of hydrogen-bond donors (Lipinski definition) is 1. The average Bonchev–Trinajstić information content (AvgIpc) is 3.56. The lowest BCUT2D eigenvalue weighted by Gasteiger charge is -2.23. The summed E-state index contributed by atoms with van der Waals surface area (Å²) >= 11 is 0. The number of anilines is 1. The number of nitrogens with one attached hydrogen (secondary N) is 1. The number of fused-ring (bicyclic) bond motifs is 1. The van der Waals surface area contributed by atoms with Gasteiger partial charge in [-0.2, -0.15) is 5.10 Å². The summed E-state index contributed by atoms with van der Waals surface area (Å²) in [5, 5.41) is 12.4. The number of likely N-dealkylation sites (N-methyl/N-ethyl adjacent to an activating group) is 1. The summed E-state index contributed by atoms with van der Waals surface area (Å²) in [4.78, 5) is 27.1. The van der Waals surface area contributed by atoms with Gasteiger partial charge in [-0.15, -0.1) is 5.10 Å². The van der Waals surface area contributed by atoms with Crippen LogP contribution in [0.4, 0.5) is 19.0 Å². The van der Waals surface area contributed by atoms with Crippen LogP contribution in [-0.4, -0.2) is 39.7 Å². The van der Waals surface area contributed by atoms with Gasteiger partial charge < -0.3 is 10.2 Å². The molecule has 0 radical (unpaired) electrons. The van der Waals surface area contributed by atoms with Crippen molar-refractivity contribution in [3.8, 4) is 0 Å². The van der Waals surface area contributed by atoms with E-state index in [-0.39, 0.29) is 22.8 Å². The molecule has 3 aromatic rings. The Bertz CT molecular complexity index is 1300. The van der Waals surface area contributed by atoms with Crippen LogP contribution in [0.1, 0.15) is 49.1 Å². The van der Waals surface area contributed by atoms with E-state index in [1.54, 1.807) is 34.1 Å². The Kier molecular flexibility index (Phi) is 5.63. The van der Waals surface area contributed by atoms with Crippen LogP contribution in [0.25, 0.3) is 10.8 Å². The number of pyridine rings is 1. The van der Waals surface area contributed by atoms with Crippen LogP contribution in [-0.2, 0) is 10.3 Å². The number of rotatable bonds is 6. The van der Waals surface area contributed by atoms with E-state index < -0.39 is 29.4 Å². The molecule has 0 aliphatic heterocycles. The lowest BCUT2D eigenvalue weighted by Crippen LogP contribution is -2.42. The summed E-state index contributed by atoms with van der Waals surface area (Å²) < 4.78 is 42.3. The van der Waals surface area contributed by atoms with Gasteiger partial charge in [-0.25, -0.2) is 13.2 Å². The number of halogens is 3. The van der Waals surface area contributed by atoms with Crippen LogP contribution in [0.15, 0.2) is 35.3 Å². The first-order chi connectivity index (χ1) is 15.6. The summed E-state index contributed by atoms with van der Waals surface area (Å²) in [7, 11) is 3.28. The fourth-order valence-electron chi connectivity index (χ4n) is 4.14. The van der Waals surface area contributed by atoms with E-state index in [9.17, 15) is 22.8 Å². The molecule has 0 spiro atoms. The highest BCUT2D eigenvalue weighted by Crippen LogP contribution is 2.44. The molecule has 33 heavy (non-hydrogen) atoms. The van der Waals surface area contributed by atoms with Crippen molar-refractivity contribution in [1.29, 1.82) is 0 Å². The number of carbonyl (C=O) groups is 1. The quantitative estimate of drug-likeness (QED) is 0.604. The van der Waals surface area contributed by atoms with Crippen LogP contribution >= 0.6 is 0 Å². The molecule has 1 amide bonds. The molecule has 0 saturated heterocycles. The molecule has 1 aliphatic rings. The molecule has 174 valence electrons. The van der Waals surface area contributed by atoms with Crippen LogP contribution in [0.2, 0.25) is 0 Å². The summed E-state index contributed by atoms with van der Waals surface area (Å²) in [6, 6.07) is 4.54. The first-order valence-electron chi connectivity index (χ1n) is 10.5. The summed E-state index contributed by atoms with van der Waals surface area (Å²) in [5.41, 5.74) is -1.37. The molecular weight excluding hydrogens is 435 g/mol. The highest BCUT2D eigenvalue weighted by Gasteiger charge is 2.53. The predicted molar refractivity (Wildman–Crippen MR) is 118 cm³/mol. The van der Waals surface area contributed by atoms with E-state index >= 15 is 0 Å². The SMILES string of the molecule is Cc1nnc(N[C@H](C)c2cccc(C(F)F)c2F)c2cn(C3(C(=O)N(C)C)CC3)c(=O)cc12. The Morgan fingerprint density at radius 2 is 1.85 bits per heavy atom. The average molecular weight is 459 g/mol. The van der Waals surface area contributed by atoms with Crippen molar-refractivity contribution in [2.75, 3.05) is 19.4 Å². The zero-order valence-corrected chi connectivity index (χ0v) is 18.7. The third kappa shape index (κ3) is 3.83. The lowest BCUT2D eigenvalue weighted by molar-refractivity contribution is -0.133. The summed E-state index contributed by atoms with van der Waals surface area (Å²) in [5.74, 6) is -0.898. The Labute approximate surface area is 188 Å². The number of carbonyl (C=O) groups excluding carboxylic acids is 1. The van der Waals surface area contributed by atoms with Crippen LogP contribution in [0.3, 0.4) is 0 Å². The van der Waals surface area contributed by atoms with E-state index in [2.05, 4.69) is 15.5 Å². The Balaban J connectivity index is 1.80. The second-order valence-corrected chi connectivity index (χ2v) is 8.59. The minimum Gasteiger partial charge on any atom is -0.361 e. The molecule has 1 saturated carbocycles. The molecule has 2 aromatic heterocycles. The number of amides is 1. The summed E-state index contributed by atoms with van der Waals surface area (Å²) in [6.45, 7) is 3.32. The fraction of sp³-hybridized carbons (Fsp3) is 0.391. The minimum absolute atomic E-state index is 0.0538. The standard InChI is InChI=1S/C23H24F3N5O2/c1-12(14-6-5-7-15(19(14)24)20(25)26)27-21-17-11-31(23(8-9-23)22(33)30(3)4)18(32)10-16(17)13(2)28-29-21/h5-7,10-12,20H,8-9H2,1-4H3,(H,27,29)/t12-/m1/s1. The number of alkyl halides is 2. The van der Waals surface area contributed by atoms with E-state index in [0.29, 0.717) is 29.3 Å². The molecule has 4 rings (SSSR count). The van der Waals surface area contributed by atoms with Crippen LogP contribution in [0, 0.1) is 12.7 Å². The molecule has 1 aliphatic carbocycles. The number of aromatic nitrogens is 3. The number of hydrogen-bond acceptors (Lipinski definition) is 5. The van der Waals surface area contributed by atoms with Crippen molar-refractivity contribution >= 4 is 22.5 Å². The van der Waals surface area contributed by atoms with Crippen LogP contribution in [0.5, 0.6) is 0 Å². The Morgan fingerprint density at radius 3 is 2.45 bits per heavy atom.